The predicted octanol–water partition coefficient (Wildman–Crippen LogP) is 5.35. The molecule has 7 nitrogen and oxygen atoms in total. The minimum absolute atomic E-state index is 0.0322. The van der Waals surface area contributed by atoms with Crippen LogP contribution < -0.4 is 5.32 Å². The predicted molar refractivity (Wildman–Crippen MR) is 128 cm³/mol. The lowest BCUT2D eigenvalue weighted by atomic mass is 9.98. The summed E-state index contributed by atoms with van der Waals surface area (Å²) in [6.07, 6.45) is -1.15. The maximum Gasteiger partial charge on any atom is 0.416 e. The Morgan fingerprint density at radius 2 is 1.92 bits per heavy atom. The molecule has 2 aromatic carbocycles. The minimum Gasteiger partial charge on any atom is -0.355 e. The van der Waals surface area contributed by atoms with Crippen LogP contribution in [-0.2, 0) is 21.0 Å². The fourth-order valence-corrected chi connectivity index (χ4v) is 5.87. The molecule has 1 aliphatic rings. The molecule has 1 N–H and O–H groups in total. The Morgan fingerprint density at radius 3 is 2.65 bits per heavy atom. The smallest absolute Gasteiger partial charge is 0.355 e. The first-order chi connectivity index (χ1) is 17.5. The van der Waals surface area contributed by atoms with E-state index in [1.807, 2.05) is 0 Å². The summed E-state index contributed by atoms with van der Waals surface area (Å²) >= 11 is 0. The van der Waals surface area contributed by atoms with Gasteiger partial charge < -0.3 is 9.84 Å². The number of hydrogen-bond donors (Lipinski definition) is 1. The van der Waals surface area contributed by atoms with Gasteiger partial charge in [-0.2, -0.15) is 17.5 Å². The van der Waals surface area contributed by atoms with Crippen molar-refractivity contribution in [2.24, 2.45) is 5.92 Å². The second kappa shape index (κ2) is 10.5. The summed E-state index contributed by atoms with van der Waals surface area (Å²) in [6, 6.07) is 10.2. The van der Waals surface area contributed by atoms with Crippen LogP contribution in [0, 0.1) is 18.7 Å². The van der Waals surface area contributed by atoms with E-state index in [2.05, 4.69) is 10.5 Å². The number of aryl methyl sites for hydroxylation is 1. The van der Waals surface area contributed by atoms with E-state index in [9.17, 15) is 30.8 Å². The summed E-state index contributed by atoms with van der Waals surface area (Å²) in [6.45, 7) is 1.42. The largest absolute Gasteiger partial charge is 0.416 e. The van der Waals surface area contributed by atoms with E-state index in [0.29, 0.717) is 12.8 Å². The molecule has 12 heteroatoms. The fraction of sp³-hybridized carbons (Fsp3) is 0.280. The van der Waals surface area contributed by atoms with E-state index in [4.69, 9.17) is 4.52 Å². The molecule has 0 aliphatic carbocycles. The molecule has 1 aromatic heterocycles. The van der Waals surface area contributed by atoms with Gasteiger partial charge in [0, 0.05) is 24.3 Å². The molecule has 2 heterocycles. The van der Waals surface area contributed by atoms with Crippen molar-refractivity contribution in [3.8, 4) is 0 Å². The van der Waals surface area contributed by atoms with Gasteiger partial charge >= 0.3 is 6.18 Å². The molecule has 0 radical (unpaired) electrons. The summed E-state index contributed by atoms with van der Waals surface area (Å²) in [5.74, 6) is -1.95. The molecule has 0 spiro atoms. The lowest BCUT2D eigenvalue weighted by molar-refractivity contribution is -0.137. The van der Waals surface area contributed by atoms with Crippen molar-refractivity contribution in [1.29, 1.82) is 0 Å². The second-order valence-corrected chi connectivity index (χ2v) is 10.5. The quantitative estimate of drug-likeness (QED) is 0.428. The number of piperidine rings is 1. The standard InChI is InChI=1S/C25H23F4N3O4S/c1-16-23(22(36-31-16)12-11-17-6-2-3-10-21(17)26)37(34,35)32-13-5-7-18(15-32)24(33)30-20-9-4-8-19(14-20)25(27,28)29/h2-4,6,8-12,14,18H,5,7,13,15H2,1H3,(H,30,33). The van der Waals surface area contributed by atoms with Crippen LogP contribution in [0.4, 0.5) is 23.2 Å². The number of nitrogens with one attached hydrogen (secondary N) is 1. The third-order valence-corrected chi connectivity index (χ3v) is 7.99. The summed E-state index contributed by atoms with van der Waals surface area (Å²) < 4.78 is 86.3. The Labute approximate surface area is 210 Å². The number of nitrogens with zero attached hydrogens (tertiary/aromatic N) is 2. The van der Waals surface area contributed by atoms with Crippen molar-refractivity contribution < 1.29 is 35.3 Å². The number of rotatable bonds is 6. The Hall–Kier alpha value is -3.51. The zero-order valence-electron chi connectivity index (χ0n) is 19.6. The molecule has 1 unspecified atom stereocenters. The van der Waals surface area contributed by atoms with Gasteiger partial charge in [0.2, 0.25) is 15.9 Å². The molecule has 4 rings (SSSR count). The van der Waals surface area contributed by atoms with E-state index >= 15 is 0 Å². The first-order valence-electron chi connectivity index (χ1n) is 11.3. The first kappa shape index (κ1) is 26.6. The molecule has 1 aliphatic heterocycles. The third kappa shape index (κ3) is 5.91. The molecular weight excluding hydrogens is 514 g/mol. The highest BCUT2D eigenvalue weighted by atomic mass is 32.2. The monoisotopic (exact) mass is 537 g/mol. The number of carbonyl (C=O) groups is 1. The molecular formula is C25H23F4N3O4S. The fourth-order valence-electron chi connectivity index (χ4n) is 4.10. The van der Waals surface area contributed by atoms with Crippen molar-refractivity contribution in [2.45, 2.75) is 30.8 Å². The molecule has 3 aromatic rings. The van der Waals surface area contributed by atoms with Gasteiger partial charge in [-0.25, -0.2) is 12.8 Å². The van der Waals surface area contributed by atoms with Gasteiger partial charge in [-0.15, -0.1) is 0 Å². The summed E-state index contributed by atoms with van der Waals surface area (Å²) in [4.78, 5) is 12.6. The lowest BCUT2D eigenvalue weighted by Crippen LogP contribution is -2.43. The van der Waals surface area contributed by atoms with Gasteiger partial charge in [0.05, 0.1) is 11.5 Å². The molecule has 0 bridgehead atoms. The SMILES string of the molecule is Cc1noc(C=Cc2ccccc2F)c1S(=O)(=O)N1CCCC(C(=O)Nc2cccc(C(F)(F)F)c2)C1. The summed E-state index contributed by atoms with van der Waals surface area (Å²) in [7, 11) is -4.16. The van der Waals surface area contributed by atoms with Crippen molar-refractivity contribution in [2.75, 3.05) is 18.4 Å². The van der Waals surface area contributed by atoms with Crippen LogP contribution in [0.25, 0.3) is 12.2 Å². The van der Waals surface area contributed by atoms with Crippen LogP contribution in [0.1, 0.15) is 35.4 Å². The number of amides is 1. The highest BCUT2D eigenvalue weighted by Crippen LogP contribution is 2.32. The summed E-state index contributed by atoms with van der Waals surface area (Å²) in [5.41, 5.74) is -0.611. The van der Waals surface area contributed by atoms with Crippen LogP contribution in [0.3, 0.4) is 0 Å². The molecule has 196 valence electrons. The van der Waals surface area contributed by atoms with Gasteiger partial charge in [-0.05, 0) is 56.2 Å². The van der Waals surface area contributed by atoms with Gasteiger partial charge in [-0.1, -0.05) is 29.4 Å². The second-order valence-electron chi connectivity index (χ2n) is 8.59. The molecule has 0 saturated carbocycles. The minimum atomic E-state index is -4.56. The zero-order chi connectivity index (χ0) is 26.8. The topological polar surface area (TPSA) is 92.5 Å². The lowest BCUT2D eigenvalue weighted by Gasteiger charge is -2.31. The van der Waals surface area contributed by atoms with Crippen LogP contribution in [0.15, 0.2) is 57.9 Å². The Morgan fingerprint density at radius 1 is 1.16 bits per heavy atom. The highest BCUT2D eigenvalue weighted by Gasteiger charge is 2.37. The molecule has 37 heavy (non-hydrogen) atoms. The number of alkyl halides is 3. The molecule has 1 amide bonds. The number of halogens is 4. The number of benzene rings is 2. The maximum absolute atomic E-state index is 14.0. The normalized spacial score (nSPS) is 17.3. The van der Waals surface area contributed by atoms with Crippen molar-refractivity contribution in [3.63, 3.8) is 0 Å². The average molecular weight is 538 g/mol. The van der Waals surface area contributed by atoms with Gasteiger partial charge in [-0.3, -0.25) is 4.79 Å². The number of carbonyl (C=O) groups excluding carboxylic acids is 1. The molecule has 1 saturated heterocycles. The highest BCUT2D eigenvalue weighted by molar-refractivity contribution is 7.89. The molecule has 1 fully saturated rings. The van der Waals surface area contributed by atoms with Crippen LogP contribution in [0.5, 0.6) is 0 Å². The zero-order valence-corrected chi connectivity index (χ0v) is 20.4. The van der Waals surface area contributed by atoms with Crippen LogP contribution in [0.2, 0.25) is 0 Å². The molecule has 1 atom stereocenters. The summed E-state index contributed by atoms with van der Waals surface area (Å²) in [5, 5.41) is 6.21. The van der Waals surface area contributed by atoms with E-state index in [1.165, 1.54) is 49.4 Å². The van der Waals surface area contributed by atoms with E-state index in [0.717, 1.165) is 16.4 Å². The van der Waals surface area contributed by atoms with Crippen molar-refractivity contribution in [3.05, 3.63) is 76.9 Å². The van der Waals surface area contributed by atoms with Crippen molar-refractivity contribution >= 4 is 33.8 Å². The van der Waals surface area contributed by atoms with E-state index < -0.39 is 39.4 Å². The average Bonchev–Trinajstić information content (AvgIpc) is 3.24. The van der Waals surface area contributed by atoms with Gasteiger partial charge in [0.25, 0.3) is 0 Å². The van der Waals surface area contributed by atoms with Crippen LogP contribution in [-0.4, -0.2) is 36.9 Å². The van der Waals surface area contributed by atoms with E-state index in [1.54, 1.807) is 6.07 Å². The van der Waals surface area contributed by atoms with Crippen molar-refractivity contribution in [1.82, 2.24) is 9.46 Å². The number of sulfonamides is 1. The van der Waals surface area contributed by atoms with Gasteiger partial charge in [0.15, 0.2) is 10.7 Å². The Balaban J connectivity index is 1.53. The number of aromatic nitrogens is 1. The maximum atomic E-state index is 14.0. The number of anilines is 1. The van der Waals surface area contributed by atoms with Crippen LogP contribution >= 0.6 is 0 Å². The number of hydrogen-bond acceptors (Lipinski definition) is 5. The van der Waals surface area contributed by atoms with E-state index in [-0.39, 0.29) is 40.7 Å². The van der Waals surface area contributed by atoms with Gasteiger partial charge in [0.1, 0.15) is 11.5 Å². The Bertz CT molecular complexity index is 1430. The Kier molecular flexibility index (Phi) is 7.51. The first-order valence-corrected chi connectivity index (χ1v) is 12.8. The third-order valence-electron chi connectivity index (χ3n) is 5.96.